The Morgan fingerprint density at radius 2 is 2.25 bits per heavy atom. The van der Waals surface area contributed by atoms with E-state index >= 15 is 0 Å². The highest BCUT2D eigenvalue weighted by atomic mass is 35.5. The molecule has 1 heterocycles. The maximum Gasteiger partial charge on any atom is 0.224 e. The SMILES string of the molecule is CN1C(=O)CC(N)C1c1cc(Cl)ccc1F. The second-order valence-corrected chi connectivity index (χ2v) is 4.42. The summed E-state index contributed by atoms with van der Waals surface area (Å²) in [5.74, 6) is -0.455. The van der Waals surface area contributed by atoms with Crippen molar-refractivity contribution in [2.75, 3.05) is 7.05 Å². The third kappa shape index (κ3) is 1.79. The Morgan fingerprint density at radius 3 is 2.81 bits per heavy atom. The van der Waals surface area contributed by atoms with E-state index in [4.69, 9.17) is 17.3 Å². The van der Waals surface area contributed by atoms with Gasteiger partial charge in [-0.2, -0.15) is 0 Å². The van der Waals surface area contributed by atoms with Crippen LogP contribution in [-0.2, 0) is 4.79 Å². The first-order valence-corrected chi connectivity index (χ1v) is 5.34. The van der Waals surface area contributed by atoms with Gasteiger partial charge in [0, 0.05) is 30.1 Å². The first kappa shape index (κ1) is 11.4. The number of likely N-dealkylation sites (N-methyl/N-ethyl adjacent to an activating group) is 1. The zero-order chi connectivity index (χ0) is 11.9. The van der Waals surface area contributed by atoms with Crippen molar-refractivity contribution >= 4 is 17.5 Å². The average molecular weight is 243 g/mol. The lowest BCUT2D eigenvalue weighted by Crippen LogP contribution is -2.31. The minimum Gasteiger partial charge on any atom is -0.337 e. The van der Waals surface area contributed by atoms with Crippen molar-refractivity contribution in [1.82, 2.24) is 4.90 Å². The van der Waals surface area contributed by atoms with Gasteiger partial charge in [-0.25, -0.2) is 4.39 Å². The Labute approximate surface area is 98.0 Å². The number of benzene rings is 1. The van der Waals surface area contributed by atoms with Crippen molar-refractivity contribution in [3.8, 4) is 0 Å². The molecule has 1 aromatic rings. The number of rotatable bonds is 1. The van der Waals surface area contributed by atoms with Crippen LogP contribution in [0.25, 0.3) is 0 Å². The first-order valence-electron chi connectivity index (χ1n) is 4.97. The second kappa shape index (κ2) is 4.03. The van der Waals surface area contributed by atoms with Crippen LogP contribution < -0.4 is 5.73 Å². The normalized spacial score (nSPS) is 25.2. The number of nitrogens with zero attached hydrogens (tertiary/aromatic N) is 1. The van der Waals surface area contributed by atoms with E-state index < -0.39 is 6.04 Å². The lowest BCUT2D eigenvalue weighted by atomic mass is 10.0. The van der Waals surface area contributed by atoms with Crippen LogP contribution in [0.4, 0.5) is 4.39 Å². The summed E-state index contributed by atoms with van der Waals surface area (Å²) in [4.78, 5) is 12.9. The average Bonchev–Trinajstić information content (AvgIpc) is 2.46. The number of likely N-dealkylation sites (tertiary alicyclic amines) is 1. The van der Waals surface area contributed by atoms with Gasteiger partial charge in [-0.3, -0.25) is 4.79 Å². The molecule has 2 unspecified atom stereocenters. The van der Waals surface area contributed by atoms with Gasteiger partial charge in [0.15, 0.2) is 0 Å². The molecule has 3 nitrogen and oxygen atoms in total. The van der Waals surface area contributed by atoms with Gasteiger partial charge in [-0.1, -0.05) is 11.6 Å². The Bertz CT molecular complexity index is 438. The lowest BCUT2D eigenvalue weighted by molar-refractivity contribution is -0.127. The standard InChI is InChI=1S/C11H12ClFN2O/c1-15-10(16)5-9(14)11(15)7-4-6(12)2-3-8(7)13/h2-4,9,11H,5,14H2,1H3. The van der Waals surface area contributed by atoms with Crippen molar-refractivity contribution in [2.24, 2.45) is 5.73 Å². The summed E-state index contributed by atoms with van der Waals surface area (Å²) in [6.07, 6.45) is 0.243. The molecule has 0 aliphatic carbocycles. The minimum absolute atomic E-state index is 0.0723. The molecule has 1 fully saturated rings. The van der Waals surface area contributed by atoms with Crippen LogP contribution in [-0.4, -0.2) is 23.9 Å². The molecule has 1 amide bonds. The fourth-order valence-electron chi connectivity index (χ4n) is 2.08. The van der Waals surface area contributed by atoms with Gasteiger partial charge in [0.05, 0.1) is 6.04 Å². The smallest absolute Gasteiger partial charge is 0.224 e. The van der Waals surface area contributed by atoms with Crippen molar-refractivity contribution in [3.63, 3.8) is 0 Å². The number of hydrogen-bond acceptors (Lipinski definition) is 2. The Hall–Kier alpha value is -1.13. The summed E-state index contributed by atoms with van der Waals surface area (Å²) < 4.78 is 13.6. The molecular weight excluding hydrogens is 231 g/mol. The Morgan fingerprint density at radius 1 is 1.56 bits per heavy atom. The molecular formula is C11H12ClFN2O. The molecule has 2 atom stereocenters. The predicted molar refractivity (Wildman–Crippen MR) is 59.5 cm³/mol. The molecule has 16 heavy (non-hydrogen) atoms. The summed E-state index contributed by atoms with van der Waals surface area (Å²) >= 11 is 5.82. The van der Waals surface area contributed by atoms with Gasteiger partial charge in [0.1, 0.15) is 5.82 Å². The van der Waals surface area contributed by atoms with E-state index in [0.717, 1.165) is 0 Å². The molecule has 1 aliphatic rings. The summed E-state index contributed by atoms with van der Waals surface area (Å²) in [6, 6.07) is 3.48. The van der Waals surface area contributed by atoms with Gasteiger partial charge >= 0.3 is 0 Å². The number of amides is 1. The second-order valence-electron chi connectivity index (χ2n) is 3.98. The van der Waals surface area contributed by atoms with Crippen molar-refractivity contribution in [2.45, 2.75) is 18.5 Å². The van der Waals surface area contributed by atoms with Crippen molar-refractivity contribution in [3.05, 3.63) is 34.6 Å². The molecule has 1 aromatic carbocycles. The number of halogens is 2. The van der Waals surface area contributed by atoms with Gasteiger partial charge in [0.2, 0.25) is 5.91 Å². The minimum atomic E-state index is -0.425. The van der Waals surface area contributed by atoms with E-state index in [1.807, 2.05) is 0 Å². The third-order valence-corrected chi connectivity index (χ3v) is 3.14. The summed E-state index contributed by atoms with van der Waals surface area (Å²) in [5.41, 5.74) is 6.22. The fourth-order valence-corrected chi connectivity index (χ4v) is 2.26. The molecule has 0 spiro atoms. The molecule has 1 saturated heterocycles. The largest absolute Gasteiger partial charge is 0.337 e. The van der Waals surface area contributed by atoms with Crippen LogP contribution in [0.15, 0.2) is 18.2 Å². The van der Waals surface area contributed by atoms with E-state index in [0.29, 0.717) is 10.6 Å². The Kier molecular flexibility index (Phi) is 2.86. The maximum atomic E-state index is 13.6. The zero-order valence-electron chi connectivity index (χ0n) is 8.78. The van der Waals surface area contributed by atoms with Crippen LogP contribution in [0, 0.1) is 5.82 Å². The van der Waals surface area contributed by atoms with E-state index in [1.165, 1.54) is 23.1 Å². The van der Waals surface area contributed by atoms with Crippen LogP contribution >= 0.6 is 11.6 Å². The van der Waals surface area contributed by atoms with Gasteiger partial charge < -0.3 is 10.6 Å². The zero-order valence-corrected chi connectivity index (χ0v) is 9.54. The fraction of sp³-hybridized carbons (Fsp3) is 0.364. The van der Waals surface area contributed by atoms with Crippen LogP contribution in [0.5, 0.6) is 0 Å². The highest BCUT2D eigenvalue weighted by molar-refractivity contribution is 6.30. The summed E-state index contributed by atoms with van der Waals surface area (Å²) in [6.45, 7) is 0. The number of nitrogens with two attached hydrogens (primary N) is 1. The summed E-state index contributed by atoms with van der Waals surface area (Å²) in [5, 5.41) is 0.441. The van der Waals surface area contributed by atoms with E-state index in [1.54, 1.807) is 7.05 Å². The topological polar surface area (TPSA) is 46.3 Å². The van der Waals surface area contributed by atoms with E-state index in [-0.39, 0.29) is 24.2 Å². The molecule has 5 heteroatoms. The number of carbonyl (C=O) groups is 1. The first-order chi connectivity index (χ1) is 7.50. The summed E-state index contributed by atoms with van der Waals surface area (Å²) in [7, 11) is 1.63. The molecule has 0 bridgehead atoms. The van der Waals surface area contributed by atoms with Gasteiger partial charge in [-0.05, 0) is 18.2 Å². The van der Waals surface area contributed by atoms with Gasteiger partial charge in [-0.15, -0.1) is 0 Å². The molecule has 0 aromatic heterocycles. The highest BCUT2D eigenvalue weighted by Gasteiger charge is 2.37. The number of carbonyl (C=O) groups excluding carboxylic acids is 1. The van der Waals surface area contributed by atoms with Crippen LogP contribution in [0.3, 0.4) is 0 Å². The molecule has 1 aliphatic heterocycles. The Balaban J connectivity index is 2.43. The molecule has 2 N–H and O–H groups in total. The monoisotopic (exact) mass is 242 g/mol. The van der Waals surface area contributed by atoms with Crippen molar-refractivity contribution < 1.29 is 9.18 Å². The number of hydrogen-bond donors (Lipinski definition) is 1. The quantitative estimate of drug-likeness (QED) is 0.815. The molecule has 0 radical (unpaired) electrons. The molecule has 2 rings (SSSR count). The molecule has 86 valence electrons. The third-order valence-electron chi connectivity index (χ3n) is 2.90. The predicted octanol–water partition coefficient (Wildman–Crippen LogP) is 1.71. The highest BCUT2D eigenvalue weighted by Crippen LogP contribution is 2.33. The lowest BCUT2D eigenvalue weighted by Gasteiger charge is -2.23. The molecule has 0 saturated carbocycles. The van der Waals surface area contributed by atoms with Crippen LogP contribution in [0.1, 0.15) is 18.0 Å². The van der Waals surface area contributed by atoms with E-state index in [2.05, 4.69) is 0 Å². The van der Waals surface area contributed by atoms with Crippen LogP contribution in [0.2, 0.25) is 5.02 Å². The van der Waals surface area contributed by atoms with Crippen molar-refractivity contribution in [1.29, 1.82) is 0 Å². The maximum absolute atomic E-state index is 13.6. The van der Waals surface area contributed by atoms with Gasteiger partial charge in [0.25, 0.3) is 0 Å². The van der Waals surface area contributed by atoms with E-state index in [9.17, 15) is 9.18 Å².